The van der Waals surface area contributed by atoms with E-state index in [1.165, 1.54) is 0 Å². The first-order chi connectivity index (χ1) is 4.54. The summed E-state index contributed by atoms with van der Waals surface area (Å²) in [6.07, 6.45) is 0. The molecule has 0 saturated carbocycles. The van der Waals surface area contributed by atoms with Crippen molar-refractivity contribution in [1.29, 1.82) is 0 Å². The van der Waals surface area contributed by atoms with Gasteiger partial charge in [0, 0.05) is 0 Å². The maximum Gasteiger partial charge on any atom is 1.00 e. The standard InChI is InChI=1S/C5H9NO3S.K/c1-3(10)5(9)6-2-4(7)8;/h3,10H,2H2,1H3,(H,6,9)(H,7,8);/q;+1/p-1. The molecule has 4 nitrogen and oxygen atoms in total. The molecule has 11 heavy (non-hydrogen) atoms. The van der Waals surface area contributed by atoms with Gasteiger partial charge in [0.05, 0.1) is 17.8 Å². The minimum absolute atomic E-state index is 0. The van der Waals surface area contributed by atoms with Crippen LogP contribution in [-0.2, 0) is 9.59 Å². The molecule has 0 aliphatic heterocycles. The van der Waals surface area contributed by atoms with Crippen LogP contribution in [0.25, 0.3) is 0 Å². The Morgan fingerprint density at radius 3 is 2.36 bits per heavy atom. The van der Waals surface area contributed by atoms with Crippen LogP contribution >= 0.6 is 12.6 Å². The summed E-state index contributed by atoms with van der Waals surface area (Å²) in [6, 6.07) is 0. The molecule has 0 bridgehead atoms. The summed E-state index contributed by atoms with van der Waals surface area (Å²) in [5.74, 6) is -1.71. The summed E-state index contributed by atoms with van der Waals surface area (Å²) in [6.45, 7) is 1.09. The fraction of sp³-hybridized carbons (Fsp3) is 0.600. The first-order valence-electron chi connectivity index (χ1n) is 2.69. The van der Waals surface area contributed by atoms with Gasteiger partial charge in [-0.05, 0) is 6.92 Å². The molecule has 0 rings (SSSR count). The monoisotopic (exact) mass is 201 g/mol. The Hall–Kier alpha value is 0.926. The van der Waals surface area contributed by atoms with E-state index in [2.05, 4.69) is 17.9 Å². The van der Waals surface area contributed by atoms with Gasteiger partial charge in [-0.2, -0.15) is 12.6 Å². The molecule has 0 fully saturated rings. The fourth-order valence-corrected chi connectivity index (χ4v) is 0.398. The third-order valence-corrected chi connectivity index (χ3v) is 1.02. The van der Waals surface area contributed by atoms with Crippen molar-refractivity contribution in [3.05, 3.63) is 0 Å². The Kier molecular flexibility index (Phi) is 9.94. The van der Waals surface area contributed by atoms with Gasteiger partial charge in [0.15, 0.2) is 0 Å². The molecule has 0 aromatic carbocycles. The normalized spacial score (nSPS) is 11.1. The second kappa shape index (κ2) is 7.57. The molecule has 0 spiro atoms. The Morgan fingerprint density at radius 1 is 1.64 bits per heavy atom. The molecule has 1 amide bonds. The molecule has 0 radical (unpaired) electrons. The summed E-state index contributed by atoms with van der Waals surface area (Å²) >= 11 is 3.77. The van der Waals surface area contributed by atoms with E-state index < -0.39 is 23.7 Å². The van der Waals surface area contributed by atoms with Gasteiger partial charge in [0.25, 0.3) is 0 Å². The van der Waals surface area contributed by atoms with Crippen molar-refractivity contribution < 1.29 is 66.1 Å². The maximum absolute atomic E-state index is 10.6. The second-order valence-electron chi connectivity index (χ2n) is 1.77. The smallest absolute Gasteiger partial charge is 0.548 e. The predicted molar refractivity (Wildman–Crippen MR) is 36.5 cm³/mol. The molecule has 0 saturated heterocycles. The number of nitrogens with one attached hydrogen (secondary N) is 1. The second-order valence-corrected chi connectivity index (χ2v) is 2.54. The van der Waals surface area contributed by atoms with Crippen molar-refractivity contribution in [2.75, 3.05) is 6.54 Å². The van der Waals surface area contributed by atoms with E-state index in [1.807, 2.05) is 0 Å². The van der Waals surface area contributed by atoms with Crippen molar-refractivity contribution in [3.63, 3.8) is 0 Å². The Labute approximate surface area is 113 Å². The van der Waals surface area contributed by atoms with E-state index in [4.69, 9.17) is 0 Å². The van der Waals surface area contributed by atoms with Crippen molar-refractivity contribution >= 4 is 24.5 Å². The molecule has 0 aliphatic rings. The van der Waals surface area contributed by atoms with Crippen LogP contribution < -0.4 is 61.8 Å². The summed E-state index contributed by atoms with van der Waals surface area (Å²) in [7, 11) is 0. The number of amides is 1. The molecule has 58 valence electrons. The third-order valence-electron chi connectivity index (χ3n) is 0.786. The average molecular weight is 201 g/mol. The van der Waals surface area contributed by atoms with E-state index in [9.17, 15) is 14.7 Å². The van der Waals surface area contributed by atoms with Crippen LogP contribution in [0, 0.1) is 0 Å². The number of carbonyl (C=O) groups excluding carboxylic acids is 2. The molecule has 0 aromatic rings. The molecule has 0 aliphatic carbocycles. The molecule has 0 heterocycles. The largest absolute Gasteiger partial charge is 1.00 e. The minimum Gasteiger partial charge on any atom is -0.548 e. The summed E-state index contributed by atoms with van der Waals surface area (Å²) in [4.78, 5) is 20.3. The summed E-state index contributed by atoms with van der Waals surface area (Å²) in [5.41, 5.74) is 0. The van der Waals surface area contributed by atoms with E-state index in [1.54, 1.807) is 6.92 Å². The topological polar surface area (TPSA) is 69.2 Å². The number of carboxylic acids is 1. The molecular formula is C5H8KNO3S. The van der Waals surface area contributed by atoms with Crippen LogP contribution in [0.2, 0.25) is 0 Å². The van der Waals surface area contributed by atoms with E-state index in [0.29, 0.717) is 0 Å². The van der Waals surface area contributed by atoms with E-state index in [0.717, 1.165) is 0 Å². The summed E-state index contributed by atoms with van der Waals surface area (Å²) in [5, 5.41) is 11.4. The third kappa shape index (κ3) is 8.84. The van der Waals surface area contributed by atoms with Crippen molar-refractivity contribution in [2.24, 2.45) is 0 Å². The van der Waals surface area contributed by atoms with Gasteiger partial charge < -0.3 is 15.2 Å². The van der Waals surface area contributed by atoms with Crippen molar-refractivity contribution in [1.82, 2.24) is 5.32 Å². The SMILES string of the molecule is CC(S)C(=O)NCC(=O)[O-].[K+]. The van der Waals surface area contributed by atoms with Crippen LogP contribution in [0.15, 0.2) is 0 Å². The van der Waals surface area contributed by atoms with E-state index in [-0.39, 0.29) is 51.4 Å². The number of carbonyl (C=O) groups is 2. The van der Waals surface area contributed by atoms with Crippen LogP contribution in [0.4, 0.5) is 0 Å². The number of carboxylic acid groups (broad SMARTS) is 1. The van der Waals surface area contributed by atoms with E-state index >= 15 is 0 Å². The first kappa shape index (κ1) is 14.5. The molecule has 1 unspecified atom stereocenters. The van der Waals surface area contributed by atoms with Gasteiger partial charge in [-0.25, -0.2) is 0 Å². The summed E-state index contributed by atoms with van der Waals surface area (Å²) < 4.78 is 0. The van der Waals surface area contributed by atoms with Crippen molar-refractivity contribution in [2.45, 2.75) is 12.2 Å². The van der Waals surface area contributed by atoms with Crippen LogP contribution in [0.5, 0.6) is 0 Å². The van der Waals surface area contributed by atoms with Crippen molar-refractivity contribution in [3.8, 4) is 0 Å². The zero-order chi connectivity index (χ0) is 8.15. The Bertz CT molecular complexity index is 151. The van der Waals surface area contributed by atoms with Gasteiger partial charge in [0.2, 0.25) is 5.91 Å². The Morgan fingerprint density at radius 2 is 2.09 bits per heavy atom. The molecular weight excluding hydrogens is 193 g/mol. The number of hydrogen-bond acceptors (Lipinski definition) is 4. The Balaban J connectivity index is 0. The quantitative estimate of drug-likeness (QED) is 0.355. The van der Waals surface area contributed by atoms with Crippen LogP contribution in [0.1, 0.15) is 6.92 Å². The molecule has 6 heteroatoms. The number of rotatable bonds is 3. The fourth-order valence-electron chi connectivity index (χ4n) is 0.307. The molecule has 1 atom stereocenters. The average Bonchev–Trinajstić information content (AvgIpc) is 1.82. The number of aliphatic carboxylic acids is 1. The first-order valence-corrected chi connectivity index (χ1v) is 3.21. The predicted octanol–water partition coefficient (Wildman–Crippen LogP) is -4.83. The number of thiol groups is 1. The van der Waals surface area contributed by atoms with Gasteiger partial charge in [-0.3, -0.25) is 4.79 Å². The van der Waals surface area contributed by atoms with Crippen LogP contribution in [0.3, 0.4) is 0 Å². The number of hydrogen-bond donors (Lipinski definition) is 2. The maximum atomic E-state index is 10.6. The molecule has 0 aromatic heterocycles. The van der Waals surface area contributed by atoms with Gasteiger partial charge in [-0.1, -0.05) is 0 Å². The molecule has 1 N–H and O–H groups in total. The van der Waals surface area contributed by atoms with Gasteiger partial charge in [-0.15, -0.1) is 0 Å². The van der Waals surface area contributed by atoms with Gasteiger partial charge >= 0.3 is 51.4 Å². The van der Waals surface area contributed by atoms with Gasteiger partial charge in [0.1, 0.15) is 0 Å². The van der Waals surface area contributed by atoms with Crippen LogP contribution in [-0.4, -0.2) is 23.7 Å². The zero-order valence-electron chi connectivity index (χ0n) is 6.46. The zero-order valence-corrected chi connectivity index (χ0v) is 10.5. The minimum atomic E-state index is -1.30.